The van der Waals surface area contributed by atoms with Crippen molar-refractivity contribution in [2.24, 2.45) is 0 Å². The highest BCUT2D eigenvalue weighted by molar-refractivity contribution is 5.96. The van der Waals surface area contributed by atoms with Crippen molar-refractivity contribution in [2.75, 3.05) is 31.8 Å². The first-order valence-corrected chi connectivity index (χ1v) is 7.20. The summed E-state index contributed by atoms with van der Waals surface area (Å²) in [5, 5.41) is 1.19. The molecule has 3 rings (SSSR count). The predicted octanol–water partition coefficient (Wildman–Crippen LogP) is 2.86. The Kier molecular flexibility index (Phi) is 3.49. The van der Waals surface area contributed by atoms with E-state index in [2.05, 4.69) is 34.7 Å². The summed E-state index contributed by atoms with van der Waals surface area (Å²) < 4.78 is 5.44. The molecule has 0 N–H and O–H groups in total. The van der Waals surface area contributed by atoms with Gasteiger partial charge < -0.3 is 9.64 Å². The smallest absolute Gasteiger partial charge is 0.145 e. The van der Waals surface area contributed by atoms with Crippen molar-refractivity contribution in [1.29, 1.82) is 0 Å². The zero-order chi connectivity index (χ0) is 14.1. The summed E-state index contributed by atoms with van der Waals surface area (Å²) in [7, 11) is 1.70. The molecule has 4 heteroatoms. The van der Waals surface area contributed by atoms with Gasteiger partial charge in [0.05, 0.1) is 19.5 Å². The molecule has 1 aliphatic rings. The summed E-state index contributed by atoms with van der Waals surface area (Å²) in [5.74, 6) is 0.847. The maximum Gasteiger partial charge on any atom is 0.145 e. The van der Waals surface area contributed by atoms with Gasteiger partial charge in [-0.05, 0) is 19.5 Å². The molecule has 4 nitrogen and oxygen atoms in total. The highest BCUT2D eigenvalue weighted by Gasteiger charge is 2.23. The van der Waals surface area contributed by atoms with E-state index < -0.39 is 0 Å². The number of fused-ring (bicyclic) bond motifs is 3. The molecule has 0 unspecified atom stereocenters. The van der Waals surface area contributed by atoms with Crippen molar-refractivity contribution in [3.8, 4) is 5.75 Å². The van der Waals surface area contributed by atoms with Gasteiger partial charge in [-0.3, -0.25) is 9.88 Å². The number of ether oxygens (including phenoxy) is 1. The third-order valence-electron chi connectivity index (χ3n) is 4.04. The largest absolute Gasteiger partial charge is 0.494 e. The highest BCUT2D eigenvalue weighted by atomic mass is 16.5. The van der Waals surface area contributed by atoms with Crippen molar-refractivity contribution in [3.63, 3.8) is 0 Å². The van der Waals surface area contributed by atoms with E-state index in [4.69, 9.17) is 4.74 Å². The van der Waals surface area contributed by atoms with E-state index in [9.17, 15) is 0 Å². The first-order valence-electron chi connectivity index (χ1n) is 7.20. The number of benzene rings is 1. The van der Waals surface area contributed by atoms with E-state index in [1.165, 1.54) is 16.6 Å². The minimum atomic E-state index is 0.847. The van der Waals surface area contributed by atoms with Crippen molar-refractivity contribution in [2.45, 2.75) is 20.4 Å². The van der Waals surface area contributed by atoms with Crippen LogP contribution in [0.15, 0.2) is 24.4 Å². The molecule has 0 atom stereocenters. The van der Waals surface area contributed by atoms with E-state index in [-0.39, 0.29) is 0 Å². The van der Waals surface area contributed by atoms with Crippen LogP contribution in [0.25, 0.3) is 10.9 Å². The predicted molar refractivity (Wildman–Crippen MR) is 82.3 cm³/mol. The van der Waals surface area contributed by atoms with Gasteiger partial charge in [-0.1, -0.05) is 19.1 Å². The summed E-state index contributed by atoms with van der Waals surface area (Å²) in [5.41, 5.74) is 3.58. The zero-order valence-corrected chi connectivity index (χ0v) is 12.4. The van der Waals surface area contributed by atoms with Crippen LogP contribution >= 0.6 is 0 Å². The van der Waals surface area contributed by atoms with Crippen LogP contribution in [0.5, 0.6) is 5.75 Å². The van der Waals surface area contributed by atoms with Crippen molar-refractivity contribution >= 4 is 16.6 Å². The SMILES string of the molecule is CCN1Cc2cnc3c(OC)cccc3c2N(CC)C1. The Hall–Kier alpha value is -1.81. The monoisotopic (exact) mass is 271 g/mol. The first-order chi connectivity index (χ1) is 9.78. The Labute approximate surface area is 120 Å². The van der Waals surface area contributed by atoms with Gasteiger partial charge in [0.2, 0.25) is 0 Å². The fourth-order valence-electron chi connectivity index (χ4n) is 2.95. The average Bonchev–Trinajstić information content (AvgIpc) is 2.52. The highest BCUT2D eigenvalue weighted by Crippen LogP contribution is 2.36. The second kappa shape index (κ2) is 5.29. The lowest BCUT2D eigenvalue weighted by molar-refractivity contribution is 0.267. The van der Waals surface area contributed by atoms with Crippen LogP contribution in [-0.2, 0) is 6.54 Å². The molecule has 0 spiro atoms. The van der Waals surface area contributed by atoms with E-state index in [1.54, 1.807) is 7.11 Å². The van der Waals surface area contributed by atoms with Crippen molar-refractivity contribution < 1.29 is 4.74 Å². The minimum absolute atomic E-state index is 0.847. The number of pyridine rings is 1. The normalized spacial score (nSPS) is 15.4. The van der Waals surface area contributed by atoms with E-state index in [0.717, 1.165) is 37.6 Å². The standard InChI is InChI=1S/C16H21N3O/c1-4-18-10-12-9-17-15-13(7-6-8-14(15)20-3)16(12)19(5-2)11-18/h6-9H,4-5,10-11H2,1-3H3. The molecule has 1 aromatic heterocycles. The third kappa shape index (κ3) is 2.00. The molecule has 1 aliphatic heterocycles. The van der Waals surface area contributed by atoms with Crippen LogP contribution < -0.4 is 9.64 Å². The van der Waals surface area contributed by atoms with Crippen LogP contribution in [0.1, 0.15) is 19.4 Å². The quantitative estimate of drug-likeness (QED) is 0.858. The van der Waals surface area contributed by atoms with Gasteiger partial charge in [-0.15, -0.1) is 0 Å². The molecule has 0 fully saturated rings. The Morgan fingerprint density at radius 1 is 1.25 bits per heavy atom. The molecule has 106 valence electrons. The number of para-hydroxylation sites is 1. The van der Waals surface area contributed by atoms with E-state index in [1.807, 2.05) is 18.3 Å². The molecule has 0 radical (unpaired) electrons. The molecule has 0 bridgehead atoms. The van der Waals surface area contributed by atoms with E-state index >= 15 is 0 Å². The average molecular weight is 271 g/mol. The molecule has 1 aromatic carbocycles. The minimum Gasteiger partial charge on any atom is -0.494 e. The maximum absolute atomic E-state index is 5.44. The summed E-state index contributed by atoms with van der Waals surface area (Å²) >= 11 is 0. The lowest BCUT2D eigenvalue weighted by Crippen LogP contribution is -2.42. The van der Waals surface area contributed by atoms with Crippen LogP contribution in [0.4, 0.5) is 5.69 Å². The summed E-state index contributed by atoms with van der Waals surface area (Å²) in [4.78, 5) is 9.48. The molecule has 20 heavy (non-hydrogen) atoms. The topological polar surface area (TPSA) is 28.6 Å². The van der Waals surface area contributed by atoms with Gasteiger partial charge in [0, 0.05) is 30.2 Å². The van der Waals surface area contributed by atoms with Gasteiger partial charge in [0.1, 0.15) is 11.3 Å². The summed E-state index contributed by atoms with van der Waals surface area (Å²) in [6.07, 6.45) is 2.00. The number of anilines is 1. The Morgan fingerprint density at radius 3 is 2.80 bits per heavy atom. The third-order valence-corrected chi connectivity index (χ3v) is 4.04. The molecular weight excluding hydrogens is 250 g/mol. The number of aromatic nitrogens is 1. The van der Waals surface area contributed by atoms with Gasteiger partial charge in [0.25, 0.3) is 0 Å². The number of nitrogens with zero attached hydrogens (tertiary/aromatic N) is 3. The van der Waals surface area contributed by atoms with Crippen molar-refractivity contribution in [1.82, 2.24) is 9.88 Å². The Balaban J connectivity index is 2.22. The molecule has 0 amide bonds. The van der Waals surface area contributed by atoms with Crippen LogP contribution in [0, 0.1) is 0 Å². The number of hydrogen-bond acceptors (Lipinski definition) is 4. The fourth-order valence-corrected chi connectivity index (χ4v) is 2.95. The van der Waals surface area contributed by atoms with Gasteiger partial charge >= 0.3 is 0 Å². The maximum atomic E-state index is 5.44. The fraction of sp³-hybridized carbons (Fsp3) is 0.438. The Morgan fingerprint density at radius 2 is 2.10 bits per heavy atom. The van der Waals surface area contributed by atoms with Crippen LogP contribution in [0.2, 0.25) is 0 Å². The molecule has 2 aromatic rings. The van der Waals surface area contributed by atoms with Gasteiger partial charge in [-0.25, -0.2) is 0 Å². The van der Waals surface area contributed by atoms with Gasteiger partial charge in [0.15, 0.2) is 0 Å². The van der Waals surface area contributed by atoms with Gasteiger partial charge in [-0.2, -0.15) is 0 Å². The second-order valence-electron chi connectivity index (χ2n) is 5.13. The van der Waals surface area contributed by atoms with Crippen molar-refractivity contribution in [3.05, 3.63) is 30.0 Å². The summed E-state index contributed by atoms with van der Waals surface area (Å²) in [6.45, 7) is 8.43. The Bertz CT molecular complexity index is 626. The summed E-state index contributed by atoms with van der Waals surface area (Å²) in [6, 6.07) is 6.16. The molecule has 0 aliphatic carbocycles. The lowest BCUT2D eigenvalue weighted by Gasteiger charge is -2.38. The zero-order valence-electron chi connectivity index (χ0n) is 12.4. The molecule has 0 saturated carbocycles. The number of rotatable bonds is 3. The number of hydrogen-bond donors (Lipinski definition) is 0. The number of methoxy groups -OCH3 is 1. The molecule has 0 saturated heterocycles. The second-order valence-corrected chi connectivity index (χ2v) is 5.13. The van der Waals surface area contributed by atoms with Crippen LogP contribution in [0.3, 0.4) is 0 Å². The lowest BCUT2D eigenvalue weighted by atomic mass is 10.1. The van der Waals surface area contributed by atoms with Crippen LogP contribution in [-0.4, -0.2) is 36.8 Å². The molecule has 2 heterocycles. The molecular formula is C16H21N3O. The van der Waals surface area contributed by atoms with E-state index in [0.29, 0.717) is 0 Å². The first kappa shape index (κ1) is 13.2.